The zero-order chi connectivity index (χ0) is 20.4. The Kier molecular flexibility index (Phi) is 6.03. The lowest BCUT2D eigenvalue weighted by Crippen LogP contribution is -2.52. The molecular formula is C21H28N2O5. The molecule has 2 aromatic rings. The number of aromatic nitrogens is 2. The van der Waals surface area contributed by atoms with E-state index in [9.17, 15) is 9.59 Å². The van der Waals surface area contributed by atoms with E-state index in [1.165, 1.54) is 11.3 Å². The lowest BCUT2D eigenvalue weighted by Gasteiger charge is -2.42. The summed E-state index contributed by atoms with van der Waals surface area (Å²) in [6.45, 7) is 9.46. The summed E-state index contributed by atoms with van der Waals surface area (Å²) >= 11 is 0. The first kappa shape index (κ1) is 20.3. The van der Waals surface area contributed by atoms with Crippen molar-refractivity contribution in [3.63, 3.8) is 0 Å². The molecule has 0 spiro atoms. The number of hydrogen-bond acceptors (Lipinski definition) is 6. The van der Waals surface area contributed by atoms with Crippen LogP contribution in [0.4, 0.5) is 0 Å². The fourth-order valence-electron chi connectivity index (χ4n) is 3.61. The van der Waals surface area contributed by atoms with E-state index in [2.05, 4.69) is 11.9 Å². The summed E-state index contributed by atoms with van der Waals surface area (Å²) in [5.41, 5.74) is 0.977. The summed E-state index contributed by atoms with van der Waals surface area (Å²) in [7, 11) is 0. The normalized spacial score (nSPS) is 27.5. The lowest BCUT2D eigenvalue weighted by molar-refractivity contribution is -0.242. The molecule has 0 N–H and O–H groups in total. The fraction of sp³-hybridized carbons (Fsp3) is 0.571. The van der Waals surface area contributed by atoms with E-state index in [-0.39, 0.29) is 29.5 Å². The zero-order valence-corrected chi connectivity index (χ0v) is 17.0. The van der Waals surface area contributed by atoms with Crippen molar-refractivity contribution < 1.29 is 19.0 Å². The first-order valence-corrected chi connectivity index (χ1v) is 9.82. The minimum Gasteiger partial charge on any atom is -0.457 e. The van der Waals surface area contributed by atoms with Crippen LogP contribution < -0.4 is 10.3 Å². The molecule has 2 aromatic heterocycles. The van der Waals surface area contributed by atoms with Gasteiger partial charge in [-0.2, -0.15) is 0 Å². The molecule has 2 unspecified atom stereocenters. The Morgan fingerprint density at radius 2 is 2.04 bits per heavy atom. The Morgan fingerprint density at radius 1 is 1.29 bits per heavy atom. The molecule has 1 aliphatic heterocycles. The maximum Gasteiger partial charge on any atom is 0.303 e. The van der Waals surface area contributed by atoms with Gasteiger partial charge in [0.05, 0.1) is 6.10 Å². The number of rotatable bonds is 5. The van der Waals surface area contributed by atoms with Gasteiger partial charge in [0, 0.05) is 30.8 Å². The van der Waals surface area contributed by atoms with Gasteiger partial charge in [0.15, 0.2) is 17.5 Å². The van der Waals surface area contributed by atoms with E-state index in [1.54, 1.807) is 24.5 Å². The quantitative estimate of drug-likeness (QED) is 0.733. The van der Waals surface area contributed by atoms with Crippen LogP contribution in [0.3, 0.4) is 0 Å². The highest BCUT2D eigenvalue weighted by atomic mass is 16.7. The minimum atomic E-state index is -0.775. The Hall–Kier alpha value is -2.41. The third-order valence-corrected chi connectivity index (χ3v) is 5.54. The van der Waals surface area contributed by atoms with Gasteiger partial charge >= 0.3 is 5.97 Å². The van der Waals surface area contributed by atoms with Crippen LogP contribution in [0.15, 0.2) is 29.3 Å². The number of esters is 1. The maximum atomic E-state index is 12.7. The van der Waals surface area contributed by atoms with Crippen molar-refractivity contribution in [3.8, 4) is 5.75 Å². The second kappa shape index (κ2) is 8.31. The predicted octanol–water partition coefficient (Wildman–Crippen LogP) is 2.97. The van der Waals surface area contributed by atoms with Crippen molar-refractivity contribution >= 4 is 11.6 Å². The smallest absolute Gasteiger partial charge is 0.303 e. The number of hydrogen-bond donors (Lipinski definition) is 0. The van der Waals surface area contributed by atoms with Gasteiger partial charge in [0.25, 0.3) is 5.56 Å². The summed E-state index contributed by atoms with van der Waals surface area (Å²) in [6.07, 6.45) is 3.44. The Balaban J connectivity index is 1.97. The molecule has 7 nitrogen and oxygen atoms in total. The summed E-state index contributed by atoms with van der Waals surface area (Å²) < 4.78 is 19.1. The van der Waals surface area contributed by atoms with Crippen LogP contribution in [0.2, 0.25) is 0 Å². The third-order valence-electron chi connectivity index (χ3n) is 5.54. The van der Waals surface area contributed by atoms with E-state index >= 15 is 0 Å². The molecule has 1 aliphatic rings. The fourth-order valence-corrected chi connectivity index (χ4v) is 3.61. The lowest BCUT2D eigenvalue weighted by atomic mass is 9.84. The summed E-state index contributed by atoms with van der Waals surface area (Å²) in [6, 6.07) is 3.48. The van der Waals surface area contributed by atoms with Crippen molar-refractivity contribution in [2.45, 2.75) is 66.0 Å². The van der Waals surface area contributed by atoms with Crippen LogP contribution in [-0.4, -0.2) is 33.9 Å². The van der Waals surface area contributed by atoms with Gasteiger partial charge in [-0.3, -0.25) is 14.0 Å². The van der Waals surface area contributed by atoms with Gasteiger partial charge in [-0.1, -0.05) is 27.2 Å². The van der Waals surface area contributed by atoms with Crippen molar-refractivity contribution in [2.75, 3.05) is 0 Å². The number of carbonyl (C=O) groups excluding carboxylic acids is 1. The SMILES string of the molecule is CCCc1cnc2c(O[C@@H]3OC(C)[C@@H](C)[C@H](C)C3OC(C)=O)cccn2c1=O. The predicted molar refractivity (Wildman–Crippen MR) is 104 cm³/mol. The minimum absolute atomic E-state index is 0.0551. The molecule has 3 rings (SSSR count). The van der Waals surface area contributed by atoms with Crippen molar-refractivity contribution in [1.29, 1.82) is 0 Å². The van der Waals surface area contributed by atoms with E-state index in [4.69, 9.17) is 14.2 Å². The van der Waals surface area contributed by atoms with Crippen molar-refractivity contribution in [1.82, 2.24) is 9.38 Å². The van der Waals surface area contributed by atoms with E-state index in [1.807, 2.05) is 20.8 Å². The summed E-state index contributed by atoms with van der Waals surface area (Å²) in [5, 5.41) is 0. The molecule has 28 heavy (non-hydrogen) atoms. The van der Waals surface area contributed by atoms with Crippen LogP contribution in [-0.2, 0) is 20.7 Å². The first-order valence-electron chi connectivity index (χ1n) is 9.82. The highest BCUT2D eigenvalue weighted by Crippen LogP contribution is 2.34. The third kappa shape index (κ3) is 3.90. The Labute approximate surface area is 164 Å². The second-order valence-corrected chi connectivity index (χ2v) is 7.52. The molecular weight excluding hydrogens is 360 g/mol. The molecule has 0 saturated carbocycles. The maximum absolute atomic E-state index is 12.7. The van der Waals surface area contributed by atoms with Crippen molar-refractivity contribution in [3.05, 3.63) is 40.4 Å². The van der Waals surface area contributed by atoms with Crippen LogP contribution in [0.5, 0.6) is 5.75 Å². The van der Waals surface area contributed by atoms with Gasteiger partial charge in [-0.05, 0) is 31.4 Å². The number of nitrogens with zero attached hydrogens (tertiary/aromatic N) is 2. The van der Waals surface area contributed by atoms with Gasteiger partial charge in [0.1, 0.15) is 0 Å². The Bertz CT molecular complexity index is 909. The van der Waals surface area contributed by atoms with Gasteiger partial charge in [0.2, 0.25) is 6.29 Å². The van der Waals surface area contributed by atoms with Crippen LogP contribution in [0, 0.1) is 11.8 Å². The number of ether oxygens (including phenoxy) is 3. The first-order chi connectivity index (χ1) is 13.3. The highest BCUT2D eigenvalue weighted by molar-refractivity contribution is 5.66. The topological polar surface area (TPSA) is 79.1 Å². The van der Waals surface area contributed by atoms with Gasteiger partial charge in [-0.25, -0.2) is 4.98 Å². The second-order valence-electron chi connectivity index (χ2n) is 7.52. The molecule has 0 aliphatic carbocycles. The zero-order valence-electron chi connectivity index (χ0n) is 17.0. The number of aryl methyl sites for hydroxylation is 1. The molecule has 152 valence electrons. The molecule has 5 atom stereocenters. The average molecular weight is 388 g/mol. The molecule has 7 heteroatoms. The molecule has 0 radical (unpaired) electrons. The number of pyridine rings is 1. The molecule has 1 saturated heterocycles. The Morgan fingerprint density at radius 3 is 2.71 bits per heavy atom. The van der Waals surface area contributed by atoms with Crippen LogP contribution in [0.1, 0.15) is 46.6 Å². The standard InChI is InChI=1S/C21H28N2O5/c1-6-8-16-11-22-19-17(9-7-10-23(19)20(16)25)28-21-18(27-15(5)24)13(3)12(2)14(4)26-21/h7,9-14,18,21H,6,8H2,1-5H3/t12-,13-,14?,18?,21-/m0/s1. The summed E-state index contributed by atoms with van der Waals surface area (Å²) in [5.74, 6) is 0.291. The van der Waals surface area contributed by atoms with E-state index in [0.29, 0.717) is 23.4 Å². The largest absolute Gasteiger partial charge is 0.457 e. The van der Waals surface area contributed by atoms with Crippen LogP contribution in [0.25, 0.3) is 5.65 Å². The van der Waals surface area contributed by atoms with Gasteiger partial charge < -0.3 is 14.2 Å². The molecule has 0 bridgehead atoms. The van der Waals surface area contributed by atoms with Crippen molar-refractivity contribution in [2.24, 2.45) is 11.8 Å². The van der Waals surface area contributed by atoms with Crippen LogP contribution >= 0.6 is 0 Å². The number of fused-ring (bicyclic) bond motifs is 1. The average Bonchev–Trinajstić information content (AvgIpc) is 2.66. The van der Waals surface area contributed by atoms with Gasteiger partial charge in [-0.15, -0.1) is 0 Å². The van der Waals surface area contributed by atoms with E-state index < -0.39 is 12.4 Å². The number of carbonyl (C=O) groups is 1. The molecule has 1 fully saturated rings. The molecule has 0 aromatic carbocycles. The summed E-state index contributed by atoms with van der Waals surface area (Å²) in [4.78, 5) is 28.7. The monoisotopic (exact) mass is 388 g/mol. The molecule has 0 amide bonds. The van der Waals surface area contributed by atoms with E-state index in [0.717, 1.165) is 6.42 Å². The molecule has 3 heterocycles. The highest BCUT2D eigenvalue weighted by Gasteiger charge is 2.43.